The average molecular weight is 349 g/mol. The molecule has 0 aromatic carbocycles. The number of rotatable bonds is 6. The molecule has 0 N–H and O–H groups in total. The van der Waals surface area contributed by atoms with Crippen molar-refractivity contribution in [3.8, 4) is 0 Å². The molecule has 7 heteroatoms. The van der Waals surface area contributed by atoms with Crippen molar-refractivity contribution in [1.82, 2.24) is 9.13 Å². The van der Waals surface area contributed by atoms with Crippen molar-refractivity contribution >= 4 is 25.0 Å². The Morgan fingerprint density at radius 2 is 1.24 bits per heavy atom. The van der Waals surface area contributed by atoms with E-state index < -0.39 is 25.0 Å². The van der Waals surface area contributed by atoms with Crippen LogP contribution in [0.5, 0.6) is 0 Å². The van der Waals surface area contributed by atoms with E-state index in [1.165, 1.54) is 0 Å². The topological polar surface area (TPSA) is 24.9 Å². The molecule has 4 nitrogen and oxygen atoms in total. The fourth-order valence-corrected chi connectivity index (χ4v) is 9.37. The van der Waals surface area contributed by atoms with E-state index in [9.17, 15) is 0 Å². The Balaban J connectivity index is 3.09. The van der Waals surface area contributed by atoms with Crippen LogP contribution in [0.15, 0.2) is 0 Å². The minimum absolute atomic E-state index is 0.546. The largest absolute Gasteiger partial charge is 0.397 e. The molecule has 1 aliphatic rings. The summed E-state index contributed by atoms with van der Waals surface area (Å²) in [7, 11) is -1.01. The third-order valence-corrected chi connectivity index (χ3v) is 13.3. The predicted octanol–water partition coefficient (Wildman–Crippen LogP) is 3.36. The molecule has 0 unspecified atom stereocenters. The van der Waals surface area contributed by atoms with Crippen molar-refractivity contribution in [2.75, 3.05) is 34.0 Å². The van der Waals surface area contributed by atoms with E-state index in [-0.39, 0.29) is 0 Å². The molecule has 1 aliphatic heterocycles. The molecule has 0 aromatic rings. The molecular formula is C14H36N2O2Si3. The van der Waals surface area contributed by atoms with Gasteiger partial charge in [0.1, 0.15) is 16.5 Å². The van der Waals surface area contributed by atoms with Crippen LogP contribution in [0.25, 0.3) is 0 Å². The molecule has 0 spiro atoms. The molecule has 21 heavy (non-hydrogen) atoms. The van der Waals surface area contributed by atoms with Crippen LogP contribution in [0.4, 0.5) is 0 Å². The summed E-state index contributed by atoms with van der Waals surface area (Å²) in [6, 6.07) is 1.03. The lowest BCUT2D eigenvalue weighted by Gasteiger charge is -2.52. The van der Waals surface area contributed by atoms with Gasteiger partial charge in [-0.25, -0.2) is 0 Å². The highest BCUT2D eigenvalue weighted by molar-refractivity contribution is 6.75. The van der Waals surface area contributed by atoms with E-state index in [1.54, 1.807) is 0 Å². The molecular weight excluding hydrogens is 312 g/mol. The molecule has 1 fully saturated rings. The molecule has 1 rings (SSSR count). The predicted molar refractivity (Wildman–Crippen MR) is 99.0 cm³/mol. The van der Waals surface area contributed by atoms with Gasteiger partial charge in [0, 0.05) is 26.4 Å². The Morgan fingerprint density at radius 3 is 1.48 bits per heavy atom. The lowest BCUT2D eigenvalue weighted by atomic mass is 10.3. The molecule has 0 aromatic heterocycles. The highest BCUT2D eigenvalue weighted by atomic mass is 28.4. The third kappa shape index (κ3) is 4.49. The summed E-state index contributed by atoms with van der Waals surface area (Å²) >= 11 is 0. The SMILES string of the molecule is CC[Si](OC)(OC)C1CN([Si](C)(C)C)CN([Si](C)(C)C)C1. The first kappa shape index (κ1) is 19.5. The maximum Gasteiger partial charge on any atom is 0.343 e. The standard InChI is InChI=1S/C14H36N2O2Si3/c1-10-21(17-2,18-3)14-11-15(19(4,5)6)13-16(12-14)20(7,8)9/h14H,10-13H2,1-9H3. The van der Waals surface area contributed by atoms with Gasteiger partial charge in [-0.05, 0) is 19.1 Å². The van der Waals surface area contributed by atoms with Crippen LogP contribution in [-0.2, 0) is 8.85 Å². The van der Waals surface area contributed by atoms with Crippen LogP contribution in [0.2, 0.25) is 50.9 Å². The molecule has 0 atom stereocenters. The Bertz CT molecular complexity index is 308. The van der Waals surface area contributed by atoms with Gasteiger partial charge < -0.3 is 18.0 Å². The zero-order chi connectivity index (χ0) is 16.5. The quantitative estimate of drug-likeness (QED) is 0.687. The highest BCUT2D eigenvalue weighted by Crippen LogP contribution is 2.35. The van der Waals surface area contributed by atoms with E-state index in [2.05, 4.69) is 55.3 Å². The minimum Gasteiger partial charge on any atom is -0.397 e. The Hall–Kier alpha value is 0.491. The Kier molecular flexibility index (Phi) is 6.46. The average Bonchev–Trinajstić information content (AvgIpc) is 2.39. The minimum atomic E-state index is -2.10. The summed E-state index contributed by atoms with van der Waals surface area (Å²) in [5, 5.41) is 0. The van der Waals surface area contributed by atoms with Gasteiger partial charge in [-0.1, -0.05) is 46.2 Å². The van der Waals surface area contributed by atoms with E-state index >= 15 is 0 Å². The monoisotopic (exact) mass is 348 g/mol. The second kappa shape index (κ2) is 6.94. The van der Waals surface area contributed by atoms with Gasteiger partial charge in [0.15, 0.2) is 0 Å². The molecule has 0 radical (unpaired) electrons. The lowest BCUT2D eigenvalue weighted by molar-refractivity contribution is 0.165. The molecule has 126 valence electrons. The van der Waals surface area contributed by atoms with Crippen LogP contribution < -0.4 is 0 Å². The second-order valence-corrected chi connectivity index (χ2v) is 22.1. The van der Waals surface area contributed by atoms with Crippen molar-refractivity contribution in [2.45, 2.75) is 57.8 Å². The fourth-order valence-electron chi connectivity index (χ4n) is 3.16. The summed E-state index contributed by atoms with van der Waals surface area (Å²) in [5.74, 6) is 0. The van der Waals surface area contributed by atoms with Gasteiger partial charge in [-0.15, -0.1) is 0 Å². The summed E-state index contributed by atoms with van der Waals surface area (Å²) in [6.45, 7) is 20.4. The van der Waals surface area contributed by atoms with Gasteiger partial charge in [0.2, 0.25) is 0 Å². The second-order valence-electron chi connectivity index (χ2n) is 8.20. The van der Waals surface area contributed by atoms with Crippen molar-refractivity contribution in [1.29, 1.82) is 0 Å². The van der Waals surface area contributed by atoms with Gasteiger partial charge in [-0.3, -0.25) is 0 Å². The first-order valence-electron chi connectivity index (χ1n) is 8.10. The summed E-state index contributed by atoms with van der Waals surface area (Å²) < 4.78 is 17.5. The van der Waals surface area contributed by atoms with Crippen molar-refractivity contribution in [3.63, 3.8) is 0 Å². The highest BCUT2D eigenvalue weighted by Gasteiger charge is 2.49. The maximum atomic E-state index is 5.99. The van der Waals surface area contributed by atoms with Crippen molar-refractivity contribution < 1.29 is 8.85 Å². The Morgan fingerprint density at radius 1 is 0.857 bits per heavy atom. The molecule has 1 saturated heterocycles. The third-order valence-electron chi connectivity index (χ3n) is 4.93. The van der Waals surface area contributed by atoms with Crippen LogP contribution in [0.3, 0.4) is 0 Å². The summed E-state index contributed by atoms with van der Waals surface area (Å²) in [5.41, 5.74) is 0.546. The maximum absolute atomic E-state index is 5.99. The summed E-state index contributed by atoms with van der Waals surface area (Å²) in [6.07, 6.45) is 0. The fraction of sp³-hybridized carbons (Fsp3) is 1.00. The van der Waals surface area contributed by atoms with Gasteiger partial charge in [0.25, 0.3) is 0 Å². The van der Waals surface area contributed by atoms with Crippen molar-refractivity contribution in [2.24, 2.45) is 0 Å². The van der Waals surface area contributed by atoms with Gasteiger partial charge in [-0.2, -0.15) is 0 Å². The zero-order valence-electron chi connectivity index (χ0n) is 15.6. The van der Waals surface area contributed by atoms with E-state index in [0.29, 0.717) is 5.54 Å². The Labute approximate surface area is 135 Å². The molecule has 0 amide bonds. The summed E-state index contributed by atoms with van der Waals surface area (Å²) in [4.78, 5) is 0. The van der Waals surface area contributed by atoms with E-state index in [1.807, 2.05) is 14.2 Å². The molecule has 0 aliphatic carbocycles. The van der Waals surface area contributed by atoms with Crippen LogP contribution in [0, 0.1) is 0 Å². The smallest absolute Gasteiger partial charge is 0.343 e. The van der Waals surface area contributed by atoms with E-state index in [4.69, 9.17) is 8.85 Å². The molecule has 0 saturated carbocycles. The van der Waals surface area contributed by atoms with Gasteiger partial charge >= 0.3 is 8.56 Å². The number of nitrogens with zero attached hydrogens (tertiary/aromatic N) is 2. The van der Waals surface area contributed by atoms with Crippen LogP contribution in [-0.4, -0.2) is 68.1 Å². The first-order valence-corrected chi connectivity index (χ1v) is 17.1. The normalized spacial score (nSPS) is 21.0. The van der Waals surface area contributed by atoms with E-state index in [0.717, 1.165) is 25.8 Å². The zero-order valence-corrected chi connectivity index (χ0v) is 18.6. The van der Waals surface area contributed by atoms with Crippen molar-refractivity contribution in [3.05, 3.63) is 0 Å². The van der Waals surface area contributed by atoms with Crippen LogP contribution in [0.1, 0.15) is 6.92 Å². The molecule has 1 heterocycles. The van der Waals surface area contributed by atoms with Crippen LogP contribution >= 0.6 is 0 Å². The number of hydrogen-bond donors (Lipinski definition) is 0. The molecule has 0 bridgehead atoms. The number of hydrogen-bond acceptors (Lipinski definition) is 4. The lowest BCUT2D eigenvalue weighted by Crippen LogP contribution is -2.66. The first-order chi connectivity index (χ1) is 9.50. The van der Waals surface area contributed by atoms with Gasteiger partial charge in [0.05, 0.1) is 0 Å².